The molecule has 0 radical (unpaired) electrons. The van der Waals surface area contributed by atoms with Crippen LogP contribution in [0.1, 0.15) is 47.5 Å². The Hall–Kier alpha value is -3.56. The van der Waals surface area contributed by atoms with Crippen LogP contribution < -0.4 is 10.3 Å². The summed E-state index contributed by atoms with van der Waals surface area (Å²) >= 11 is 0. The number of aromatic nitrogens is 5. The maximum atomic E-state index is 13.2. The Morgan fingerprint density at radius 3 is 2.56 bits per heavy atom. The third kappa shape index (κ3) is 5.63. The third-order valence-electron chi connectivity index (χ3n) is 6.50. The zero-order chi connectivity index (χ0) is 25.7. The summed E-state index contributed by atoms with van der Waals surface area (Å²) in [5, 5.41) is 13.5. The molecule has 2 heterocycles. The van der Waals surface area contributed by atoms with Crippen LogP contribution >= 0.6 is 0 Å². The number of aryl methyl sites for hydroxylation is 2. The number of nitrogens with zero attached hydrogens (tertiary/aromatic N) is 5. The molecule has 2 aromatic heterocycles. The van der Waals surface area contributed by atoms with E-state index in [1.807, 2.05) is 43.3 Å². The van der Waals surface area contributed by atoms with Gasteiger partial charge in [-0.15, -0.1) is 5.10 Å². The summed E-state index contributed by atoms with van der Waals surface area (Å²) < 4.78 is 12.4. The molecule has 4 rings (SSSR count). The van der Waals surface area contributed by atoms with Gasteiger partial charge >= 0.3 is 0 Å². The molecular formula is C27H34N6O3. The minimum atomic E-state index is -0.104. The highest BCUT2D eigenvalue weighted by Gasteiger charge is 2.26. The first kappa shape index (κ1) is 25.5. The van der Waals surface area contributed by atoms with Crippen molar-refractivity contribution in [1.29, 1.82) is 0 Å². The van der Waals surface area contributed by atoms with Crippen molar-refractivity contribution in [2.45, 2.75) is 52.9 Å². The predicted molar refractivity (Wildman–Crippen MR) is 139 cm³/mol. The van der Waals surface area contributed by atoms with Crippen LogP contribution in [0.5, 0.6) is 5.75 Å². The molecule has 0 fully saturated rings. The summed E-state index contributed by atoms with van der Waals surface area (Å²) in [5.74, 6) is 1.56. The van der Waals surface area contributed by atoms with Crippen molar-refractivity contribution in [2.75, 3.05) is 20.8 Å². The van der Waals surface area contributed by atoms with Crippen molar-refractivity contribution in [1.82, 2.24) is 30.1 Å². The normalized spacial score (nSPS) is 12.4. The monoisotopic (exact) mass is 490 g/mol. The first-order chi connectivity index (χ1) is 17.4. The minimum Gasteiger partial charge on any atom is -0.497 e. The summed E-state index contributed by atoms with van der Waals surface area (Å²) in [6.45, 7) is 8.35. The van der Waals surface area contributed by atoms with Crippen LogP contribution in [0.25, 0.3) is 10.9 Å². The number of methoxy groups -OCH3 is 2. The van der Waals surface area contributed by atoms with Gasteiger partial charge in [-0.1, -0.05) is 25.1 Å². The average molecular weight is 491 g/mol. The number of ether oxygens (including phenoxy) is 2. The lowest BCUT2D eigenvalue weighted by Crippen LogP contribution is -2.32. The van der Waals surface area contributed by atoms with Gasteiger partial charge in [0, 0.05) is 36.7 Å². The van der Waals surface area contributed by atoms with Crippen molar-refractivity contribution in [2.24, 2.45) is 0 Å². The van der Waals surface area contributed by atoms with Gasteiger partial charge in [-0.2, -0.15) is 0 Å². The maximum absolute atomic E-state index is 13.2. The molecule has 0 amide bonds. The largest absolute Gasteiger partial charge is 0.497 e. The van der Waals surface area contributed by atoms with Gasteiger partial charge in [0.25, 0.3) is 5.56 Å². The van der Waals surface area contributed by atoms with Gasteiger partial charge < -0.3 is 14.5 Å². The van der Waals surface area contributed by atoms with E-state index in [1.54, 1.807) is 18.9 Å². The molecule has 0 saturated heterocycles. The molecular weight excluding hydrogens is 456 g/mol. The Labute approximate surface area is 211 Å². The third-order valence-corrected chi connectivity index (χ3v) is 6.50. The van der Waals surface area contributed by atoms with Gasteiger partial charge in [0.1, 0.15) is 5.75 Å². The standard InChI is InChI=1S/C27H34N6O3/c1-6-25(26-29-30-31-33(26)11-12-35-4)32(16-20-7-9-22(36-5)10-8-20)17-21-15-23-19(3)13-18(2)14-24(23)28-27(21)34/h7-10,13-15,25H,6,11-12,16-17H2,1-5H3,(H,28,34). The van der Waals surface area contributed by atoms with Gasteiger partial charge in [-0.3, -0.25) is 9.69 Å². The number of aromatic amines is 1. The van der Waals surface area contributed by atoms with E-state index in [-0.39, 0.29) is 11.6 Å². The van der Waals surface area contributed by atoms with Crippen LogP contribution in [-0.2, 0) is 24.4 Å². The van der Waals surface area contributed by atoms with Crippen LogP contribution in [0.15, 0.2) is 47.3 Å². The first-order valence-electron chi connectivity index (χ1n) is 12.2. The molecule has 2 aromatic carbocycles. The number of H-pyrrole nitrogens is 1. The number of pyridine rings is 1. The maximum Gasteiger partial charge on any atom is 0.252 e. The number of nitrogens with one attached hydrogen (secondary N) is 1. The van der Waals surface area contributed by atoms with E-state index in [0.717, 1.165) is 45.6 Å². The van der Waals surface area contributed by atoms with Gasteiger partial charge in [0.05, 0.1) is 26.3 Å². The highest BCUT2D eigenvalue weighted by molar-refractivity contribution is 5.83. The van der Waals surface area contributed by atoms with E-state index in [1.165, 1.54) is 0 Å². The fourth-order valence-corrected chi connectivity index (χ4v) is 4.69. The molecule has 1 unspecified atom stereocenters. The lowest BCUT2D eigenvalue weighted by molar-refractivity contribution is 0.151. The van der Waals surface area contributed by atoms with Gasteiger partial charge in [-0.05, 0) is 71.7 Å². The smallest absolute Gasteiger partial charge is 0.252 e. The molecule has 1 atom stereocenters. The highest BCUT2D eigenvalue weighted by atomic mass is 16.5. The van der Waals surface area contributed by atoms with E-state index >= 15 is 0 Å². The van der Waals surface area contributed by atoms with Crippen molar-refractivity contribution < 1.29 is 9.47 Å². The fourth-order valence-electron chi connectivity index (χ4n) is 4.69. The second-order valence-corrected chi connectivity index (χ2v) is 9.10. The molecule has 190 valence electrons. The summed E-state index contributed by atoms with van der Waals surface area (Å²) in [5.41, 5.74) is 4.85. The molecule has 0 aliphatic heterocycles. The number of benzene rings is 2. The van der Waals surface area contributed by atoms with E-state index in [9.17, 15) is 4.79 Å². The Balaban J connectivity index is 1.74. The van der Waals surface area contributed by atoms with Crippen LogP contribution in [0, 0.1) is 13.8 Å². The van der Waals surface area contributed by atoms with Crippen molar-refractivity contribution >= 4 is 10.9 Å². The highest BCUT2D eigenvalue weighted by Crippen LogP contribution is 2.27. The molecule has 0 spiro atoms. The molecule has 0 saturated carbocycles. The van der Waals surface area contributed by atoms with E-state index in [4.69, 9.17) is 9.47 Å². The van der Waals surface area contributed by atoms with Crippen molar-refractivity contribution in [3.63, 3.8) is 0 Å². The summed E-state index contributed by atoms with van der Waals surface area (Å²) in [6, 6.07) is 14.1. The Morgan fingerprint density at radius 2 is 1.86 bits per heavy atom. The second kappa shape index (κ2) is 11.5. The van der Waals surface area contributed by atoms with Gasteiger partial charge in [-0.25, -0.2) is 4.68 Å². The average Bonchev–Trinajstić information content (AvgIpc) is 3.32. The van der Waals surface area contributed by atoms with E-state index in [2.05, 4.69) is 45.3 Å². The van der Waals surface area contributed by atoms with Crippen molar-refractivity contribution in [3.8, 4) is 5.75 Å². The Morgan fingerprint density at radius 1 is 1.08 bits per heavy atom. The number of hydrogen-bond donors (Lipinski definition) is 1. The lowest BCUT2D eigenvalue weighted by Gasteiger charge is -2.30. The molecule has 9 nitrogen and oxygen atoms in total. The molecule has 36 heavy (non-hydrogen) atoms. The molecule has 0 aliphatic rings. The van der Waals surface area contributed by atoms with Crippen LogP contribution in [0.2, 0.25) is 0 Å². The summed E-state index contributed by atoms with van der Waals surface area (Å²) in [7, 11) is 3.32. The van der Waals surface area contributed by atoms with Gasteiger partial charge in [0.15, 0.2) is 5.82 Å². The van der Waals surface area contributed by atoms with Crippen LogP contribution in [-0.4, -0.2) is 50.9 Å². The molecule has 0 bridgehead atoms. The van der Waals surface area contributed by atoms with E-state index in [0.29, 0.717) is 31.8 Å². The number of rotatable bonds is 11. The quantitative estimate of drug-likeness (QED) is 0.340. The van der Waals surface area contributed by atoms with Crippen molar-refractivity contribution in [3.05, 3.63) is 80.9 Å². The minimum absolute atomic E-state index is 0.0824. The van der Waals surface area contributed by atoms with Gasteiger partial charge in [0.2, 0.25) is 0 Å². The molecule has 4 aromatic rings. The number of fused-ring (bicyclic) bond motifs is 1. The topological polar surface area (TPSA) is 98.2 Å². The molecule has 0 aliphatic carbocycles. The molecule has 1 N–H and O–H groups in total. The number of tetrazole rings is 1. The van der Waals surface area contributed by atoms with Crippen LogP contribution in [0.3, 0.4) is 0 Å². The zero-order valence-electron chi connectivity index (χ0n) is 21.6. The second-order valence-electron chi connectivity index (χ2n) is 9.10. The fraction of sp³-hybridized carbons (Fsp3) is 0.407. The summed E-state index contributed by atoms with van der Waals surface area (Å²) in [4.78, 5) is 18.5. The lowest BCUT2D eigenvalue weighted by atomic mass is 10.0. The first-order valence-corrected chi connectivity index (χ1v) is 12.2. The summed E-state index contributed by atoms with van der Waals surface area (Å²) in [6.07, 6.45) is 0.771. The SMILES string of the molecule is CCC(c1nnnn1CCOC)N(Cc1ccc(OC)cc1)Cc1cc2c(C)cc(C)cc2[nH]c1=O. The van der Waals surface area contributed by atoms with E-state index < -0.39 is 0 Å². The zero-order valence-corrected chi connectivity index (χ0v) is 21.6. The Kier molecular flexibility index (Phi) is 8.12. The molecule has 9 heteroatoms. The van der Waals surface area contributed by atoms with Crippen LogP contribution in [0.4, 0.5) is 0 Å². The number of hydrogen-bond acceptors (Lipinski definition) is 7. The Bertz CT molecular complexity index is 1360. The predicted octanol–water partition coefficient (Wildman–Crippen LogP) is 3.94.